The van der Waals surface area contributed by atoms with E-state index in [0.29, 0.717) is 16.5 Å². The fourth-order valence-corrected chi connectivity index (χ4v) is 2.37. The van der Waals surface area contributed by atoms with Gasteiger partial charge in [0, 0.05) is 5.39 Å². The zero-order valence-electron chi connectivity index (χ0n) is 12.5. The number of fused-ring (bicyclic) bond motifs is 1. The first-order valence-electron chi connectivity index (χ1n) is 7.20. The number of nitrogens with one attached hydrogen (secondary N) is 2. The number of para-hydroxylation sites is 1. The van der Waals surface area contributed by atoms with Crippen LogP contribution in [0.25, 0.3) is 11.0 Å². The summed E-state index contributed by atoms with van der Waals surface area (Å²) in [5.74, 6) is -1.73. The Hall–Kier alpha value is -3.41. The lowest BCUT2D eigenvalue weighted by atomic mass is 10.1. The van der Waals surface area contributed by atoms with Gasteiger partial charge in [-0.3, -0.25) is 15.3 Å². The highest BCUT2D eigenvalue weighted by atomic mass is 16.4. The Bertz CT molecular complexity index is 963. The first-order chi connectivity index (χ1) is 11.6. The quantitative estimate of drug-likeness (QED) is 0.743. The Labute approximate surface area is 136 Å². The van der Waals surface area contributed by atoms with Gasteiger partial charge in [-0.2, -0.15) is 0 Å². The molecular weight excluding hydrogens is 308 g/mol. The smallest absolute Gasteiger partial charge is 0.349 e. The third-order valence-corrected chi connectivity index (χ3v) is 3.56. The van der Waals surface area contributed by atoms with E-state index in [4.69, 9.17) is 10.2 Å². The Balaban J connectivity index is 1.95. The van der Waals surface area contributed by atoms with E-state index < -0.39 is 23.5 Å². The van der Waals surface area contributed by atoms with Crippen LogP contribution >= 0.6 is 0 Å². The SMILES string of the molecule is [NH]C(=O)C(NC(=O)c1cc2ccccc2oc1=O)c1ccccc1. The van der Waals surface area contributed by atoms with Crippen molar-refractivity contribution in [1.82, 2.24) is 11.1 Å². The predicted molar refractivity (Wildman–Crippen MR) is 87.2 cm³/mol. The lowest BCUT2D eigenvalue weighted by molar-refractivity contribution is -0.120. The van der Waals surface area contributed by atoms with E-state index >= 15 is 0 Å². The summed E-state index contributed by atoms with van der Waals surface area (Å²) in [6.07, 6.45) is 0. The summed E-state index contributed by atoms with van der Waals surface area (Å²) in [5.41, 5.74) is 7.19. The molecule has 1 atom stereocenters. The van der Waals surface area contributed by atoms with E-state index in [2.05, 4.69) is 5.32 Å². The van der Waals surface area contributed by atoms with Crippen LogP contribution in [0.5, 0.6) is 0 Å². The number of rotatable bonds is 4. The van der Waals surface area contributed by atoms with Crippen LogP contribution in [0.4, 0.5) is 0 Å². The van der Waals surface area contributed by atoms with Crippen molar-refractivity contribution < 1.29 is 14.0 Å². The van der Waals surface area contributed by atoms with Gasteiger partial charge in [-0.1, -0.05) is 48.5 Å². The maximum atomic E-state index is 12.4. The Morgan fingerprint density at radius 1 is 1.00 bits per heavy atom. The molecule has 0 saturated heterocycles. The van der Waals surface area contributed by atoms with Crippen LogP contribution in [0.1, 0.15) is 22.0 Å². The predicted octanol–water partition coefficient (Wildman–Crippen LogP) is 2.07. The van der Waals surface area contributed by atoms with Gasteiger partial charge >= 0.3 is 5.63 Å². The molecule has 2 aromatic carbocycles. The second-order valence-corrected chi connectivity index (χ2v) is 5.17. The molecule has 6 heteroatoms. The van der Waals surface area contributed by atoms with Crippen LogP contribution in [-0.2, 0) is 4.79 Å². The van der Waals surface area contributed by atoms with Gasteiger partial charge in [-0.05, 0) is 17.7 Å². The highest BCUT2D eigenvalue weighted by molar-refractivity contribution is 5.99. The van der Waals surface area contributed by atoms with Crippen LogP contribution in [0.3, 0.4) is 0 Å². The zero-order valence-corrected chi connectivity index (χ0v) is 12.5. The molecule has 0 aliphatic rings. The third-order valence-electron chi connectivity index (χ3n) is 3.56. The number of hydrogen-bond acceptors (Lipinski definition) is 4. The summed E-state index contributed by atoms with van der Waals surface area (Å²) >= 11 is 0. The van der Waals surface area contributed by atoms with Crippen molar-refractivity contribution in [3.63, 3.8) is 0 Å². The molecular formula is C18H13N2O4. The minimum Gasteiger partial charge on any atom is -0.422 e. The number of amides is 2. The first kappa shape index (κ1) is 15.5. The van der Waals surface area contributed by atoms with E-state index in [9.17, 15) is 14.4 Å². The summed E-state index contributed by atoms with van der Waals surface area (Å²) in [6.45, 7) is 0. The van der Waals surface area contributed by atoms with Crippen molar-refractivity contribution in [3.8, 4) is 0 Å². The van der Waals surface area contributed by atoms with Gasteiger partial charge in [0.25, 0.3) is 11.8 Å². The zero-order chi connectivity index (χ0) is 17.1. The average Bonchev–Trinajstić information content (AvgIpc) is 2.59. The molecule has 119 valence electrons. The monoisotopic (exact) mass is 321 g/mol. The molecule has 6 nitrogen and oxygen atoms in total. The standard InChI is InChI=1S/C18H13N2O4/c19-16(21)15(11-6-2-1-3-7-11)20-17(22)13-10-12-8-4-5-9-14(12)24-18(13)23/h1-10,15,19H,(H,20,22). The Morgan fingerprint density at radius 2 is 1.67 bits per heavy atom. The molecule has 2 amide bonds. The Kier molecular flexibility index (Phi) is 4.11. The van der Waals surface area contributed by atoms with Crippen molar-refractivity contribution in [3.05, 3.63) is 82.2 Å². The molecule has 0 fully saturated rings. The van der Waals surface area contributed by atoms with Crippen LogP contribution in [0.15, 0.2) is 69.9 Å². The summed E-state index contributed by atoms with van der Waals surface area (Å²) < 4.78 is 5.11. The molecule has 1 unspecified atom stereocenters. The highest BCUT2D eigenvalue weighted by Crippen LogP contribution is 2.15. The maximum absolute atomic E-state index is 12.4. The molecule has 24 heavy (non-hydrogen) atoms. The number of carbonyl (C=O) groups is 2. The molecule has 1 aromatic heterocycles. The van der Waals surface area contributed by atoms with Gasteiger partial charge in [0.1, 0.15) is 17.2 Å². The third kappa shape index (κ3) is 3.03. The van der Waals surface area contributed by atoms with Crippen molar-refractivity contribution in [2.45, 2.75) is 6.04 Å². The van der Waals surface area contributed by atoms with Crippen molar-refractivity contribution in [2.24, 2.45) is 0 Å². The van der Waals surface area contributed by atoms with E-state index in [-0.39, 0.29) is 5.56 Å². The molecule has 3 aromatic rings. The van der Waals surface area contributed by atoms with Gasteiger partial charge in [0.2, 0.25) is 0 Å². The van der Waals surface area contributed by atoms with Crippen molar-refractivity contribution in [2.75, 3.05) is 0 Å². The molecule has 0 aliphatic carbocycles. The first-order valence-corrected chi connectivity index (χ1v) is 7.20. The number of hydrogen-bond donors (Lipinski definition) is 1. The molecule has 0 spiro atoms. The number of carbonyl (C=O) groups excluding carboxylic acids is 2. The van der Waals surface area contributed by atoms with Crippen molar-refractivity contribution in [1.29, 1.82) is 0 Å². The second-order valence-electron chi connectivity index (χ2n) is 5.17. The summed E-state index contributed by atoms with van der Waals surface area (Å²) in [7, 11) is 0. The second kappa shape index (κ2) is 6.37. The summed E-state index contributed by atoms with van der Waals surface area (Å²) in [6, 6.07) is 15.5. The van der Waals surface area contributed by atoms with E-state index in [1.165, 1.54) is 6.07 Å². The van der Waals surface area contributed by atoms with Gasteiger partial charge in [-0.25, -0.2) is 4.79 Å². The van der Waals surface area contributed by atoms with Crippen LogP contribution in [0.2, 0.25) is 0 Å². The highest BCUT2D eigenvalue weighted by Gasteiger charge is 2.23. The molecule has 1 radical (unpaired) electrons. The molecule has 2 N–H and O–H groups in total. The normalized spacial score (nSPS) is 11.8. The minimum absolute atomic E-state index is 0.212. The fraction of sp³-hybridized carbons (Fsp3) is 0.0556. The summed E-state index contributed by atoms with van der Waals surface area (Å²) in [5, 5.41) is 3.01. The molecule has 3 rings (SSSR count). The maximum Gasteiger partial charge on any atom is 0.349 e. The lowest BCUT2D eigenvalue weighted by Gasteiger charge is -2.15. The van der Waals surface area contributed by atoms with Gasteiger partial charge in [-0.15, -0.1) is 0 Å². The molecule has 0 aliphatic heterocycles. The van der Waals surface area contributed by atoms with Gasteiger partial charge < -0.3 is 9.73 Å². The van der Waals surface area contributed by atoms with Crippen LogP contribution < -0.4 is 16.7 Å². The lowest BCUT2D eigenvalue weighted by Crippen LogP contribution is -2.36. The van der Waals surface area contributed by atoms with Gasteiger partial charge in [0.15, 0.2) is 0 Å². The minimum atomic E-state index is -1.15. The average molecular weight is 321 g/mol. The van der Waals surface area contributed by atoms with E-state index in [1.54, 1.807) is 54.6 Å². The van der Waals surface area contributed by atoms with Crippen LogP contribution in [0, 0.1) is 0 Å². The topological polar surface area (TPSA) is 100 Å². The van der Waals surface area contributed by atoms with E-state index in [1.807, 2.05) is 0 Å². The molecule has 0 bridgehead atoms. The molecule has 1 heterocycles. The van der Waals surface area contributed by atoms with E-state index in [0.717, 1.165) is 0 Å². The van der Waals surface area contributed by atoms with Gasteiger partial charge in [0.05, 0.1) is 0 Å². The Morgan fingerprint density at radius 3 is 2.38 bits per heavy atom. The molecule has 0 saturated carbocycles. The number of benzene rings is 2. The summed E-state index contributed by atoms with van der Waals surface area (Å²) in [4.78, 5) is 36.0. The fourth-order valence-electron chi connectivity index (χ4n) is 2.37. The van der Waals surface area contributed by atoms with Crippen molar-refractivity contribution >= 4 is 22.8 Å². The largest absolute Gasteiger partial charge is 0.422 e. The van der Waals surface area contributed by atoms with Crippen LogP contribution in [-0.4, -0.2) is 11.8 Å².